The van der Waals surface area contributed by atoms with E-state index in [0.717, 1.165) is 12.0 Å². The quantitative estimate of drug-likeness (QED) is 0.775. The lowest BCUT2D eigenvalue weighted by molar-refractivity contribution is 0.463. The van der Waals surface area contributed by atoms with E-state index in [0.29, 0.717) is 11.7 Å². The predicted molar refractivity (Wildman–Crippen MR) is 64.3 cm³/mol. The molecule has 1 atom stereocenters. The Labute approximate surface area is 90.4 Å². The van der Waals surface area contributed by atoms with E-state index >= 15 is 0 Å². The Morgan fingerprint density at radius 3 is 2.60 bits per heavy atom. The fourth-order valence-electron chi connectivity index (χ4n) is 2.01. The molecule has 0 aliphatic rings. The van der Waals surface area contributed by atoms with E-state index in [1.807, 2.05) is 18.2 Å². The molecular weight excluding hydrogens is 184 g/mol. The van der Waals surface area contributed by atoms with Crippen molar-refractivity contribution in [1.82, 2.24) is 0 Å². The van der Waals surface area contributed by atoms with Gasteiger partial charge in [-0.05, 0) is 29.2 Å². The van der Waals surface area contributed by atoms with Crippen LogP contribution in [-0.4, -0.2) is 5.11 Å². The third kappa shape index (κ3) is 1.70. The molecule has 2 aromatic carbocycles. The summed E-state index contributed by atoms with van der Waals surface area (Å²) in [5.41, 5.74) is 1.08. The van der Waals surface area contributed by atoms with Crippen molar-refractivity contribution in [2.75, 3.05) is 0 Å². The van der Waals surface area contributed by atoms with Gasteiger partial charge in [-0.25, -0.2) is 0 Å². The Morgan fingerprint density at radius 1 is 1.13 bits per heavy atom. The number of fused-ring (bicyclic) bond motifs is 1. The van der Waals surface area contributed by atoms with Crippen molar-refractivity contribution in [1.29, 1.82) is 0 Å². The van der Waals surface area contributed by atoms with Crippen molar-refractivity contribution in [3.63, 3.8) is 0 Å². The molecule has 15 heavy (non-hydrogen) atoms. The molecule has 0 fully saturated rings. The molecule has 0 amide bonds. The maximum atomic E-state index is 9.91. The average molecular weight is 200 g/mol. The molecule has 2 rings (SSSR count). The fraction of sp³-hybridized carbons (Fsp3) is 0.286. The summed E-state index contributed by atoms with van der Waals surface area (Å²) in [6.45, 7) is 4.30. The smallest absolute Gasteiger partial charge is 0.119 e. The molecule has 0 saturated heterocycles. The second-order valence-corrected chi connectivity index (χ2v) is 4.03. The Hall–Kier alpha value is -1.50. The standard InChI is InChI=1S/C14H16O/c1-3-10(2)14-12-7-5-4-6-11(12)8-9-13(14)15/h4-10,15H,3H2,1-2H3. The summed E-state index contributed by atoms with van der Waals surface area (Å²) in [5.74, 6) is 0.819. The van der Waals surface area contributed by atoms with Gasteiger partial charge in [-0.2, -0.15) is 0 Å². The third-order valence-corrected chi connectivity index (χ3v) is 3.05. The van der Waals surface area contributed by atoms with Crippen LogP contribution in [0.5, 0.6) is 5.75 Å². The van der Waals surface area contributed by atoms with Crippen LogP contribution in [0.25, 0.3) is 10.8 Å². The normalized spacial score (nSPS) is 12.9. The largest absolute Gasteiger partial charge is 0.508 e. The summed E-state index contributed by atoms with van der Waals surface area (Å²) >= 11 is 0. The van der Waals surface area contributed by atoms with Crippen LogP contribution in [0.1, 0.15) is 31.7 Å². The summed E-state index contributed by atoms with van der Waals surface area (Å²) in [5, 5.41) is 12.3. The highest BCUT2D eigenvalue weighted by Gasteiger charge is 2.11. The van der Waals surface area contributed by atoms with Crippen molar-refractivity contribution in [3.05, 3.63) is 42.0 Å². The number of benzene rings is 2. The highest BCUT2D eigenvalue weighted by molar-refractivity contribution is 5.88. The van der Waals surface area contributed by atoms with Gasteiger partial charge < -0.3 is 5.11 Å². The second kappa shape index (κ2) is 3.93. The zero-order chi connectivity index (χ0) is 10.8. The van der Waals surface area contributed by atoms with Crippen LogP contribution in [0, 0.1) is 0 Å². The molecule has 0 aliphatic carbocycles. The first-order valence-electron chi connectivity index (χ1n) is 5.44. The molecule has 0 heterocycles. The molecule has 0 spiro atoms. The molecule has 0 aliphatic heterocycles. The van der Waals surface area contributed by atoms with Gasteiger partial charge in [-0.3, -0.25) is 0 Å². The number of rotatable bonds is 2. The first-order chi connectivity index (χ1) is 7.24. The first kappa shape index (κ1) is 10.0. The maximum Gasteiger partial charge on any atom is 0.119 e. The molecule has 0 aromatic heterocycles. The van der Waals surface area contributed by atoms with Crippen molar-refractivity contribution < 1.29 is 5.11 Å². The van der Waals surface area contributed by atoms with Gasteiger partial charge in [0.15, 0.2) is 0 Å². The van der Waals surface area contributed by atoms with Gasteiger partial charge in [-0.1, -0.05) is 44.2 Å². The summed E-state index contributed by atoms with van der Waals surface area (Å²) in [6.07, 6.45) is 1.04. The Kier molecular flexibility index (Phi) is 2.63. The van der Waals surface area contributed by atoms with Gasteiger partial charge in [0.1, 0.15) is 5.75 Å². The van der Waals surface area contributed by atoms with Crippen LogP contribution in [0.2, 0.25) is 0 Å². The first-order valence-corrected chi connectivity index (χ1v) is 5.44. The van der Waals surface area contributed by atoms with Crippen LogP contribution in [0.3, 0.4) is 0 Å². The molecule has 1 heteroatoms. The third-order valence-electron chi connectivity index (χ3n) is 3.05. The fourth-order valence-corrected chi connectivity index (χ4v) is 2.01. The van der Waals surface area contributed by atoms with E-state index in [1.54, 1.807) is 6.07 Å². The molecule has 1 unspecified atom stereocenters. The monoisotopic (exact) mass is 200 g/mol. The number of phenolic OH excluding ortho intramolecular Hbond substituents is 1. The molecule has 2 aromatic rings. The van der Waals surface area contributed by atoms with Gasteiger partial charge in [0.2, 0.25) is 0 Å². The SMILES string of the molecule is CCC(C)c1c(O)ccc2ccccc12. The maximum absolute atomic E-state index is 9.91. The van der Waals surface area contributed by atoms with Crippen molar-refractivity contribution in [2.45, 2.75) is 26.2 Å². The van der Waals surface area contributed by atoms with Crippen LogP contribution < -0.4 is 0 Å². The zero-order valence-electron chi connectivity index (χ0n) is 9.20. The van der Waals surface area contributed by atoms with Crippen LogP contribution in [0.15, 0.2) is 36.4 Å². The molecule has 0 saturated carbocycles. The van der Waals surface area contributed by atoms with Gasteiger partial charge in [0, 0.05) is 5.56 Å². The van der Waals surface area contributed by atoms with E-state index in [1.165, 1.54) is 10.8 Å². The van der Waals surface area contributed by atoms with Gasteiger partial charge in [-0.15, -0.1) is 0 Å². The Morgan fingerprint density at radius 2 is 1.87 bits per heavy atom. The number of phenols is 1. The van der Waals surface area contributed by atoms with Gasteiger partial charge in [0.25, 0.3) is 0 Å². The summed E-state index contributed by atoms with van der Waals surface area (Å²) in [6, 6.07) is 12.0. The lowest BCUT2D eigenvalue weighted by Gasteiger charge is -2.14. The van der Waals surface area contributed by atoms with Crippen molar-refractivity contribution in [2.24, 2.45) is 0 Å². The molecule has 0 bridgehead atoms. The molecule has 78 valence electrons. The number of aromatic hydroxyl groups is 1. The number of hydrogen-bond acceptors (Lipinski definition) is 1. The predicted octanol–water partition coefficient (Wildman–Crippen LogP) is 4.06. The lowest BCUT2D eigenvalue weighted by atomic mass is 9.92. The van der Waals surface area contributed by atoms with Gasteiger partial charge >= 0.3 is 0 Å². The van der Waals surface area contributed by atoms with Gasteiger partial charge in [0.05, 0.1) is 0 Å². The van der Waals surface area contributed by atoms with Crippen LogP contribution >= 0.6 is 0 Å². The van der Waals surface area contributed by atoms with Crippen molar-refractivity contribution >= 4 is 10.8 Å². The van der Waals surface area contributed by atoms with E-state index in [2.05, 4.69) is 26.0 Å². The van der Waals surface area contributed by atoms with Crippen LogP contribution in [-0.2, 0) is 0 Å². The minimum absolute atomic E-state index is 0.399. The summed E-state index contributed by atoms with van der Waals surface area (Å²) in [7, 11) is 0. The highest BCUT2D eigenvalue weighted by Crippen LogP contribution is 2.34. The second-order valence-electron chi connectivity index (χ2n) is 4.03. The number of hydrogen-bond donors (Lipinski definition) is 1. The van der Waals surface area contributed by atoms with Crippen LogP contribution in [0.4, 0.5) is 0 Å². The Bertz CT molecular complexity index is 474. The minimum atomic E-state index is 0.399. The minimum Gasteiger partial charge on any atom is -0.508 e. The Balaban J connectivity index is 2.74. The molecule has 1 N–H and O–H groups in total. The van der Waals surface area contributed by atoms with Crippen molar-refractivity contribution in [3.8, 4) is 5.75 Å². The van der Waals surface area contributed by atoms with E-state index in [4.69, 9.17) is 0 Å². The topological polar surface area (TPSA) is 20.2 Å². The molecule has 0 radical (unpaired) electrons. The van der Waals surface area contributed by atoms with E-state index in [-0.39, 0.29) is 0 Å². The van der Waals surface area contributed by atoms with E-state index in [9.17, 15) is 5.11 Å². The molecular formula is C14H16O. The van der Waals surface area contributed by atoms with E-state index < -0.39 is 0 Å². The lowest BCUT2D eigenvalue weighted by Crippen LogP contribution is -1.93. The molecule has 1 nitrogen and oxygen atoms in total. The summed E-state index contributed by atoms with van der Waals surface area (Å²) < 4.78 is 0. The zero-order valence-corrected chi connectivity index (χ0v) is 9.20. The average Bonchev–Trinajstić information content (AvgIpc) is 2.28. The highest BCUT2D eigenvalue weighted by atomic mass is 16.3. The summed E-state index contributed by atoms with van der Waals surface area (Å²) in [4.78, 5) is 0.